The van der Waals surface area contributed by atoms with Gasteiger partial charge in [0.05, 0.1) is 25.0 Å². The van der Waals surface area contributed by atoms with Crippen LogP contribution in [0.3, 0.4) is 0 Å². The molecular formula is C15H27N3O2S. The minimum absolute atomic E-state index is 0.329. The Labute approximate surface area is 131 Å². The SMILES string of the molecule is CCCNCc1sc(N2CCOC(CC)C2)nc1COC. The topological polar surface area (TPSA) is 46.6 Å². The van der Waals surface area contributed by atoms with Crippen LogP contribution in [-0.2, 0) is 22.6 Å². The van der Waals surface area contributed by atoms with E-state index in [9.17, 15) is 0 Å². The van der Waals surface area contributed by atoms with E-state index in [1.165, 1.54) is 4.88 Å². The Balaban J connectivity index is 2.06. The second kappa shape index (κ2) is 8.68. The molecule has 120 valence electrons. The van der Waals surface area contributed by atoms with Crippen molar-refractivity contribution >= 4 is 16.5 Å². The van der Waals surface area contributed by atoms with E-state index in [1.807, 2.05) is 0 Å². The van der Waals surface area contributed by atoms with Gasteiger partial charge in [-0.3, -0.25) is 0 Å². The molecule has 1 fully saturated rings. The first-order chi connectivity index (χ1) is 10.3. The van der Waals surface area contributed by atoms with Crippen molar-refractivity contribution in [3.05, 3.63) is 10.6 Å². The highest BCUT2D eigenvalue weighted by Crippen LogP contribution is 2.28. The molecule has 0 aromatic carbocycles. The van der Waals surface area contributed by atoms with Gasteiger partial charge in [-0.25, -0.2) is 4.98 Å². The molecule has 2 rings (SSSR count). The molecular weight excluding hydrogens is 286 g/mol. The van der Waals surface area contributed by atoms with Crippen molar-refractivity contribution in [2.24, 2.45) is 0 Å². The molecule has 0 radical (unpaired) electrons. The zero-order valence-electron chi connectivity index (χ0n) is 13.4. The third kappa shape index (κ3) is 4.64. The van der Waals surface area contributed by atoms with E-state index in [2.05, 4.69) is 24.1 Å². The summed E-state index contributed by atoms with van der Waals surface area (Å²) in [6.07, 6.45) is 2.53. The van der Waals surface area contributed by atoms with Crippen LogP contribution in [0, 0.1) is 0 Å². The Hall–Kier alpha value is -0.690. The van der Waals surface area contributed by atoms with Crippen LogP contribution in [0.4, 0.5) is 5.13 Å². The van der Waals surface area contributed by atoms with Crippen molar-refractivity contribution in [3.8, 4) is 0 Å². The van der Waals surface area contributed by atoms with Gasteiger partial charge in [0.2, 0.25) is 0 Å². The molecule has 6 heteroatoms. The Bertz CT molecular complexity index is 425. The van der Waals surface area contributed by atoms with E-state index < -0.39 is 0 Å². The fraction of sp³-hybridized carbons (Fsp3) is 0.800. The average molecular weight is 313 g/mol. The molecule has 1 saturated heterocycles. The van der Waals surface area contributed by atoms with Gasteiger partial charge in [0.25, 0.3) is 0 Å². The second-order valence-corrected chi connectivity index (χ2v) is 6.39. The van der Waals surface area contributed by atoms with Gasteiger partial charge in [-0.1, -0.05) is 13.8 Å². The number of hydrogen-bond acceptors (Lipinski definition) is 6. The lowest BCUT2D eigenvalue weighted by Gasteiger charge is -2.32. The summed E-state index contributed by atoms with van der Waals surface area (Å²) in [5.74, 6) is 0. The number of methoxy groups -OCH3 is 1. The van der Waals surface area contributed by atoms with Crippen LogP contribution >= 0.6 is 11.3 Å². The van der Waals surface area contributed by atoms with Crippen molar-refractivity contribution in [2.75, 3.05) is 38.3 Å². The maximum Gasteiger partial charge on any atom is 0.186 e. The number of hydrogen-bond donors (Lipinski definition) is 1. The molecule has 1 aromatic rings. The van der Waals surface area contributed by atoms with E-state index >= 15 is 0 Å². The summed E-state index contributed by atoms with van der Waals surface area (Å²) in [4.78, 5) is 8.44. The molecule has 0 saturated carbocycles. The van der Waals surface area contributed by atoms with Gasteiger partial charge in [0.1, 0.15) is 0 Å². The Morgan fingerprint density at radius 3 is 3.05 bits per heavy atom. The van der Waals surface area contributed by atoms with E-state index in [1.54, 1.807) is 18.4 Å². The van der Waals surface area contributed by atoms with Crippen LogP contribution < -0.4 is 10.2 Å². The fourth-order valence-corrected chi connectivity index (χ4v) is 3.48. The van der Waals surface area contributed by atoms with Crippen LogP contribution in [-0.4, -0.2) is 44.4 Å². The summed E-state index contributed by atoms with van der Waals surface area (Å²) in [6, 6.07) is 0. The lowest BCUT2D eigenvalue weighted by atomic mass is 10.2. The van der Waals surface area contributed by atoms with E-state index in [0.717, 1.165) is 56.5 Å². The molecule has 5 nitrogen and oxygen atoms in total. The molecule has 2 heterocycles. The van der Waals surface area contributed by atoms with E-state index in [0.29, 0.717) is 12.7 Å². The number of anilines is 1. The van der Waals surface area contributed by atoms with Crippen molar-refractivity contribution in [1.29, 1.82) is 0 Å². The molecule has 21 heavy (non-hydrogen) atoms. The van der Waals surface area contributed by atoms with Gasteiger partial charge in [-0.15, -0.1) is 11.3 Å². The molecule has 0 spiro atoms. The number of morpholine rings is 1. The quantitative estimate of drug-likeness (QED) is 0.747. The highest BCUT2D eigenvalue weighted by atomic mass is 32.1. The number of nitrogens with one attached hydrogen (secondary N) is 1. The first kappa shape index (κ1) is 16.7. The van der Waals surface area contributed by atoms with Crippen molar-refractivity contribution in [2.45, 2.75) is 45.9 Å². The first-order valence-corrected chi connectivity index (χ1v) is 8.64. The molecule has 0 amide bonds. The molecule has 1 aliphatic rings. The minimum Gasteiger partial charge on any atom is -0.378 e. The van der Waals surface area contributed by atoms with Crippen LogP contribution in [0.15, 0.2) is 0 Å². The molecule has 0 bridgehead atoms. The predicted molar refractivity (Wildman–Crippen MR) is 87.1 cm³/mol. The van der Waals surface area contributed by atoms with E-state index in [-0.39, 0.29) is 0 Å². The summed E-state index contributed by atoms with van der Waals surface area (Å²) in [7, 11) is 1.73. The zero-order valence-corrected chi connectivity index (χ0v) is 14.2. The summed E-state index contributed by atoms with van der Waals surface area (Å²) < 4.78 is 11.0. The summed E-state index contributed by atoms with van der Waals surface area (Å²) >= 11 is 1.79. The number of ether oxygens (including phenoxy) is 2. The maximum absolute atomic E-state index is 5.74. The Morgan fingerprint density at radius 1 is 1.48 bits per heavy atom. The summed E-state index contributed by atoms with van der Waals surface area (Å²) in [5.41, 5.74) is 1.07. The summed E-state index contributed by atoms with van der Waals surface area (Å²) in [6.45, 7) is 9.52. The van der Waals surface area contributed by atoms with Gasteiger partial charge in [0, 0.05) is 31.6 Å². The normalized spacial score (nSPS) is 19.2. The van der Waals surface area contributed by atoms with Crippen molar-refractivity contribution < 1.29 is 9.47 Å². The highest BCUT2D eigenvalue weighted by Gasteiger charge is 2.23. The monoisotopic (exact) mass is 313 g/mol. The zero-order chi connectivity index (χ0) is 15.1. The van der Waals surface area contributed by atoms with Gasteiger partial charge in [0.15, 0.2) is 5.13 Å². The van der Waals surface area contributed by atoms with Gasteiger partial charge in [-0.2, -0.15) is 0 Å². The number of thiazole rings is 1. The largest absolute Gasteiger partial charge is 0.378 e. The average Bonchev–Trinajstić information content (AvgIpc) is 2.91. The lowest BCUT2D eigenvalue weighted by Crippen LogP contribution is -2.42. The summed E-state index contributed by atoms with van der Waals surface area (Å²) in [5, 5.41) is 4.57. The lowest BCUT2D eigenvalue weighted by molar-refractivity contribution is 0.0384. The van der Waals surface area contributed by atoms with Crippen LogP contribution in [0.5, 0.6) is 0 Å². The highest BCUT2D eigenvalue weighted by molar-refractivity contribution is 7.15. The van der Waals surface area contributed by atoms with Crippen LogP contribution in [0.25, 0.3) is 0 Å². The molecule has 1 N–H and O–H groups in total. The number of rotatable bonds is 8. The minimum atomic E-state index is 0.329. The number of aromatic nitrogens is 1. The van der Waals surface area contributed by atoms with Crippen LogP contribution in [0.2, 0.25) is 0 Å². The van der Waals surface area contributed by atoms with Gasteiger partial charge < -0.3 is 19.7 Å². The molecule has 1 aliphatic heterocycles. The molecule has 1 aromatic heterocycles. The third-order valence-corrected chi connectivity index (χ3v) is 4.78. The predicted octanol–water partition coefficient (Wildman–Crippen LogP) is 2.40. The maximum atomic E-state index is 5.74. The van der Waals surface area contributed by atoms with Gasteiger partial charge >= 0.3 is 0 Å². The standard InChI is InChI=1S/C15H27N3O2S/c1-4-6-16-9-14-13(11-19-3)17-15(21-14)18-7-8-20-12(5-2)10-18/h12,16H,4-11H2,1-3H3. The number of nitrogens with zero attached hydrogens (tertiary/aromatic N) is 2. The fourth-order valence-electron chi connectivity index (χ4n) is 2.41. The van der Waals surface area contributed by atoms with Gasteiger partial charge in [-0.05, 0) is 19.4 Å². The smallest absolute Gasteiger partial charge is 0.186 e. The third-order valence-electron chi connectivity index (χ3n) is 3.62. The second-order valence-electron chi connectivity index (χ2n) is 5.32. The molecule has 1 unspecified atom stereocenters. The molecule has 0 aliphatic carbocycles. The van der Waals surface area contributed by atoms with Crippen molar-refractivity contribution in [1.82, 2.24) is 10.3 Å². The molecule has 1 atom stereocenters. The Kier molecular flexibility index (Phi) is 6.89. The first-order valence-electron chi connectivity index (χ1n) is 7.83. The Morgan fingerprint density at radius 2 is 2.33 bits per heavy atom. The van der Waals surface area contributed by atoms with Crippen molar-refractivity contribution in [3.63, 3.8) is 0 Å². The van der Waals surface area contributed by atoms with Crippen LogP contribution in [0.1, 0.15) is 37.3 Å². The van der Waals surface area contributed by atoms with E-state index in [4.69, 9.17) is 14.5 Å².